The first-order valence-corrected chi connectivity index (χ1v) is 7.88. The van der Waals surface area contributed by atoms with E-state index in [2.05, 4.69) is 31.2 Å². The minimum absolute atomic E-state index is 0.0180. The van der Waals surface area contributed by atoms with Crippen molar-refractivity contribution in [1.29, 1.82) is 0 Å². The number of hydrogen-bond acceptors (Lipinski definition) is 3. The van der Waals surface area contributed by atoms with E-state index in [0.29, 0.717) is 21.9 Å². The molecule has 0 spiro atoms. The first kappa shape index (κ1) is 18.4. The summed E-state index contributed by atoms with van der Waals surface area (Å²) in [5, 5.41) is 1.18. The summed E-state index contributed by atoms with van der Waals surface area (Å²) in [7, 11) is 0. The molecule has 0 heterocycles. The molecule has 0 saturated carbocycles. The molecule has 0 radical (unpaired) electrons. The number of carbonyl (C=O) groups excluding carboxylic acids is 1. The van der Waals surface area contributed by atoms with Crippen molar-refractivity contribution in [2.75, 3.05) is 0 Å². The number of nitrogens with zero attached hydrogens (tertiary/aromatic N) is 1. The number of ether oxygens (including phenoxy) is 1. The highest BCUT2D eigenvalue weighted by molar-refractivity contribution is 9.09. The summed E-state index contributed by atoms with van der Waals surface area (Å²) in [6.45, 7) is 1.33. The molecule has 0 fully saturated rings. The van der Waals surface area contributed by atoms with E-state index in [1.54, 1.807) is 36.4 Å². The predicted octanol–water partition coefficient (Wildman–Crippen LogP) is 4.55. The third-order valence-corrected chi connectivity index (χ3v) is 3.22. The number of halogens is 4. The largest absolute Gasteiger partial charge is 0.459 e. The smallest absolute Gasteiger partial charge is 0.424 e. The second-order valence-electron chi connectivity index (χ2n) is 4.71. The summed E-state index contributed by atoms with van der Waals surface area (Å²) in [5.74, 6) is -0.351. The lowest BCUT2D eigenvalue weighted by molar-refractivity contribution is -0.118. The van der Waals surface area contributed by atoms with Crippen molar-refractivity contribution in [3.63, 3.8) is 0 Å². The minimum Gasteiger partial charge on any atom is -0.424 e. The fraction of sp³-hybridized carbons (Fsp3) is 0.125. The van der Waals surface area contributed by atoms with Crippen molar-refractivity contribution in [3.8, 4) is 5.75 Å². The van der Waals surface area contributed by atoms with Gasteiger partial charge in [-0.3, -0.25) is 4.79 Å². The average molecular weight is 418 g/mol. The molecule has 2 rings (SSSR count). The van der Waals surface area contributed by atoms with E-state index in [9.17, 15) is 13.6 Å². The number of nitrogens with one attached hydrogen (secondary N) is 1. The van der Waals surface area contributed by atoms with Gasteiger partial charge in [-0.05, 0) is 36.4 Å². The Morgan fingerprint density at radius 1 is 1.12 bits per heavy atom. The van der Waals surface area contributed by atoms with Gasteiger partial charge in [0.2, 0.25) is 5.91 Å². The zero-order chi connectivity index (χ0) is 17.7. The number of carbonyl (C=O) groups is 1. The van der Waals surface area contributed by atoms with Crippen LogP contribution >= 0.6 is 27.5 Å². The number of amides is 1. The van der Waals surface area contributed by atoms with Crippen LogP contribution in [0.4, 0.5) is 8.78 Å². The normalized spacial score (nSPS) is 12.0. The number of rotatable bonds is 5. The summed E-state index contributed by atoms with van der Waals surface area (Å²) in [6, 6.07) is 12.7. The third kappa shape index (κ3) is 5.58. The molecule has 1 N–H and O–H groups in total. The summed E-state index contributed by atoms with van der Waals surface area (Å²) in [6.07, 6.45) is 0. The summed E-state index contributed by atoms with van der Waals surface area (Å²) in [4.78, 5) is 11.1. The van der Waals surface area contributed by atoms with Crippen LogP contribution in [0.15, 0.2) is 53.6 Å². The molecule has 0 aromatic heterocycles. The summed E-state index contributed by atoms with van der Waals surface area (Å²) in [5.41, 5.74) is 4.13. The Bertz CT molecular complexity index is 744. The molecule has 2 aromatic rings. The van der Waals surface area contributed by atoms with Crippen molar-refractivity contribution in [2.45, 2.75) is 11.9 Å². The quantitative estimate of drug-likeness (QED) is 0.441. The molecule has 8 heteroatoms. The van der Waals surface area contributed by atoms with E-state index < -0.39 is 5.02 Å². The van der Waals surface area contributed by atoms with Gasteiger partial charge < -0.3 is 4.74 Å². The monoisotopic (exact) mass is 416 g/mol. The minimum atomic E-state index is -3.45. The Hall–Kier alpha value is -1.99. The van der Waals surface area contributed by atoms with Crippen LogP contribution in [0.25, 0.3) is 0 Å². The van der Waals surface area contributed by atoms with Gasteiger partial charge in [-0.2, -0.15) is 13.9 Å². The van der Waals surface area contributed by atoms with Crippen LogP contribution in [0, 0.1) is 0 Å². The maximum absolute atomic E-state index is 12.8. The van der Waals surface area contributed by atoms with E-state index in [0.717, 1.165) is 0 Å². The first-order valence-electron chi connectivity index (χ1n) is 6.71. The van der Waals surface area contributed by atoms with Gasteiger partial charge in [0.1, 0.15) is 5.75 Å². The molecule has 0 aliphatic heterocycles. The molecule has 2 aromatic carbocycles. The van der Waals surface area contributed by atoms with Crippen LogP contribution < -0.4 is 10.2 Å². The number of benzene rings is 2. The lowest BCUT2D eigenvalue weighted by atomic mass is 10.0. The van der Waals surface area contributed by atoms with Gasteiger partial charge >= 0.3 is 5.02 Å². The zero-order valence-corrected chi connectivity index (χ0v) is 14.7. The predicted molar refractivity (Wildman–Crippen MR) is 91.9 cm³/mol. The van der Waals surface area contributed by atoms with Crippen LogP contribution in [0.2, 0.25) is 5.02 Å². The van der Waals surface area contributed by atoms with Crippen molar-refractivity contribution in [1.82, 2.24) is 5.43 Å². The molecule has 0 aliphatic rings. The van der Waals surface area contributed by atoms with Crippen molar-refractivity contribution in [3.05, 3.63) is 64.7 Å². The maximum atomic E-state index is 12.8. The Balaban J connectivity index is 2.35. The highest BCUT2D eigenvalue weighted by atomic mass is 79.9. The van der Waals surface area contributed by atoms with E-state index in [1.807, 2.05) is 0 Å². The zero-order valence-electron chi connectivity index (χ0n) is 12.4. The van der Waals surface area contributed by atoms with Gasteiger partial charge in [0.05, 0.1) is 5.71 Å². The number of alkyl halides is 3. The van der Waals surface area contributed by atoms with E-state index in [-0.39, 0.29) is 11.7 Å². The lowest BCUT2D eigenvalue weighted by Gasteiger charge is -2.12. The van der Waals surface area contributed by atoms with E-state index >= 15 is 0 Å². The van der Waals surface area contributed by atoms with E-state index in [4.69, 9.17) is 11.6 Å². The third-order valence-electron chi connectivity index (χ3n) is 2.80. The van der Waals surface area contributed by atoms with Gasteiger partial charge in [0.25, 0.3) is 0 Å². The van der Waals surface area contributed by atoms with E-state index in [1.165, 1.54) is 19.1 Å². The van der Waals surface area contributed by atoms with Crippen molar-refractivity contribution in [2.24, 2.45) is 5.10 Å². The van der Waals surface area contributed by atoms with Gasteiger partial charge in [-0.25, -0.2) is 5.43 Å². The molecule has 1 amide bonds. The molecule has 0 unspecified atom stereocenters. The molecular weight excluding hydrogens is 406 g/mol. The molecule has 0 bridgehead atoms. The van der Waals surface area contributed by atoms with Gasteiger partial charge in [-0.1, -0.05) is 23.7 Å². The fourth-order valence-electron chi connectivity index (χ4n) is 1.85. The standard InChI is InChI=1S/C16H12BrClF2N2O2/c1-10(23)21-22-15(11-2-6-13(18)7-3-11)12-4-8-14(9-5-12)24-16(17,19)20/h2-9H,1H3,(H,21,23)/b22-15-. The van der Waals surface area contributed by atoms with Crippen LogP contribution in [0.3, 0.4) is 0 Å². The van der Waals surface area contributed by atoms with Gasteiger partial charge in [0.15, 0.2) is 0 Å². The summed E-state index contributed by atoms with van der Waals surface area (Å²) >= 11 is 7.98. The number of hydrazone groups is 1. The van der Waals surface area contributed by atoms with Gasteiger partial charge in [0, 0.05) is 39.0 Å². The molecule has 0 aliphatic carbocycles. The molecule has 0 saturated heterocycles. The highest BCUT2D eigenvalue weighted by Gasteiger charge is 2.26. The molecule has 4 nitrogen and oxygen atoms in total. The first-order chi connectivity index (χ1) is 11.2. The maximum Gasteiger partial charge on any atom is 0.459 e. The lowest BCUT2D eigenvalue weighted by Crippen LogP contribution is -2.17. The Labute approximate surface area is 150 Å². The Kier molecular flexibility index (Phi) is 5.90. The Morgan fingerprint density at radius 2 is 1.62 bits per heavy atom. The second kappa shape index (κ2) is 7.72. The van der Waals surface area contributed by atoms with Crippen LogP contribution in [-0.2, 0) is 4.79 Å². The summed E-state index contributed by atoms with van der Waals surface area (Å²) < 4.78 is 30.0. The van der Waals surface area contributed by atoms with Crippen LogP contribution in [-0.4, -0.2) is 16.6 Å². The average Bonchev–Trinajstić information content (AvgIpc) is 2.49. The Morgan fingerprint density at radius 3 is 2.08 bits per heavy atom. The molecular formula is C16H12BrClF2N2O2. The molecule has 24 heavy (non-hydrogen) atoms. The SMILES string of the molecule is CC(=O)N/N=C(/c1ccc(Cl)cc1)c1ccc(OC(F)(F)Br)cc1. The van der Waals surface area contributed by atoms with Crippen molar-refractivity contribution >= 4 is 39.1 Å². The van der Waals surface area contributed by atoms with Crippen LogP contribution in [0.5, 0.6) is 5.75 Å². The molecule has 126 valence electrons. The highest BCUT2D eigenvalue weighted by Crippen LogP contribution is 2.27. The van der Waals surface area contributed by atoms with Crippen molar-refractivity contribution < 1.29 is 18.3 Å². The van der Waals surface area contributed by atoms with Gasteiger partial charge in [-0.15, -0.1) is 0 Å². The molecule has 0 atom stereocenters. The topological polar surface area (TPSA) is 50.7 Å². The second-order valence-corrected chi connectivity index (χ2v) is 6.07. The number of hydrogen-bond donors (Lipinski definition) is 1. The fourth-order valence-corrected chi connectivity index (χ4v) is 2.17. The van der Waals surface area contributed by atoms with Crippen LogP contribution in [0.1, 0.15) is 18.1 Å².